The number of rotatable bonds is 4. The number of carbonyl (C=O) groups excluding carboxylic acids is 1. The lowest BCUT2D eigenvalue weighted by atomic mass is 10.2. The van der Waals surface area contributed by atoms with Crippen molar-refractivity contribution < 1.29 is 4.79 Å². The summed E-state index contributed by atoms with van der Waals surface area (Å²) in [7, 11) is 0. The molecule has 0 bridgehead atoms. The van der Waals surface area contributed by atoms with E-state index in [1.54, 1.807) is 18.2 Å². The molecule has 0 aromatic heterocycles. The van der Waals surface area contributed by atoms with Crippen LogP contribution >= 0.6 is 39.1 Å². The molecule has 88 valence electrons. The average Bonchev–Trinajstić information content (AvgIpc) is 2.16. The Morgan fingerprint density at radius 3 is 2.75 bits per heavy atom. The molecule has 5 heteroatoms. The summed E-state index contributed by atoms with van der Waals surface area (Å²) >= 11 is 14.7. The van der Waals surface area contributed by atoms with E-state index in [9.17, 15) is 4.79 Å². The van der Waals surface area contributed by atoms with E-state index in [-0.39, 0.29) is 11.9 Å². The maximum Gasteiger partial charge on any atom is 0.251 e. The van der Waals surface area contributed by atoms with Gasteiger partial charge in [0.1, 0.15) is 0 Å². The Morgan fingerprint density at radius 2 is 2.19 bits per heavy atom. The van der Waals surface area contributed by atoms with Gasteiger partial charge >= 0.3 is 0 Å². The second-order valence-corrected chi connectivity index (χ2v) is 5.24. The quantitative estimate of drug-likeness (QED) is 0.837. The number of hydrogen-bond donors (Lipinski definition) is 1. The van der Waals surface area contributed by atoms with Gasteiger partial charge in [0.2, 0.25) is 0 Å². The van der Waals surface area contributed by atoms with Crippen LogP contribution in [0.4, 0.5) is 0 Å². The van der Waals surface area contributed by atoms with Crippen LogP contribution in [0.2, 0.25) is 5.02 Å². The van der Waals surface area contributed by atoms with Crippen molar-refractivity contribution in [1.29, 1.82) is 0 Å². The van der Waals surface area contributed by atoms with Crippen molar-refractivity contribution in [3.05, 3.63) is 33.3 Å². The highest BCUT2D eigenvalue weighted by Gasteiger charge is 2.10. The monoisotopic (exact) mass is 323 g/mol. The maximum atomic E-state index is 11.8. The van der Waals surface area contributed by atoms with Gasteiger partial charge in [0.25, 0.3) is 5.91 Å². The first-order chi connectivity index (χ1) is 7.52. The van der Waals surface area contributed by atoms with E-state index < -0.39 is 0 Å². The normalized spacial score (nSPS) is 12.2. The summed E-state index contributed by atoms with van der Waals surface area (Å²) in [5, 5.41) is 3.38. The highest BCUT2D eigenvalue weighted by Crippen LogP contribution is 2.19. The smallest absolute Gasteiger partial charge is 0.251 e. The van der Waals surface area contributed by atoms with Gasteiger partial charge in [-0.25, -0.2) is 0 Å². The van der Waals surface area contributed by atoms with Crippen LogP contribution in [0.15, 0.2) is 22.7 Å². The van der Waals surface area contributed by atoms with Crippen molar-refractivity contribution in [2.24, 2.45) is 0 Å². The van der Waals surface area contributed by atoms with Gasteiger partial charge in [-0.05, 0) is 31.5 Å². The molecule has 1 aromatic carbocycles. The molecule has 0 heterocycles. The molecule has 0 saturated heterocycles. The molecule has 16 heavy (non-hydrogen) atoms. The summed E-state index contributed by atoms with van der Waals surface area (Å²) in [5.74, 6) is 0.390. The fourth-order valence-corrected chi connectivity index (χ4v) is 2.42. The third kappa shape index (κ3) is 4.32. The molecule has 1 rings (SSSR count). The Bertz CT molecular complexity index is 364. The topological polar surface area (TPSA) is 29.1 Å². The Balaban J connectivity index is 2.72. The summed E-state index contributed by atoms with van der Waals surface area (Å²) in [6.07, 6.45) is 0.745. The van der Waals surface area contributed by atoms with Crippen LogP contribution in [0.3, 0.4) is 0 Å². The van der Waals surface area contributed by atoms with Crippen LogP contribution in [-0.2, 0) is 0 Å². The Kier molecular flexibility index (Phi) is 5.59. The summed E-state index contributed by atoms with van der Waals surface area (Å²) in [5.41, 5.74) is 0.542. The van der Waals surface area contributed by atoms with Crippen LogP contribution < -0.4 is 5.32 Å². The summed E-state index contributed by atoms with van der Waals surface area (Å²) in [4.78, 5) is 11.8. The fraction of sp³-hybridized carbons (Fsp3) is 0.364. The van der Waals surface area contributed by atoms with E-state index in [4.69, 9.17) is 23.2 Å². The third-order valence-corrected chi connectivity index (χ3v) is 2.94. The maximum absolute atomic E-state index is 11.8. The first-order valence-electron chi connectivity index (χ1n) is 4.86. The van der Waals surface area contributed by atoms with Gasteiger partial charge in [-0.15, -0.1) is 11.6 Å². The summed E-state index contributed by atoms with van der Waals surface area (Å²) in [6, 6.07) is 5.16. The number of benzene rings is 1. The molecule has 1 amide bonds. The number of halogens is 3. The second kappa shape index (κ2) is 6.48. The van der Waals surface area contributed by atoms with Crippen molar-refractivity contribution in [1.82, 2.24) is 5.32 Å². The minimum atomic E-state index is -0.138. The third-order valence-electron chi connectivity index (χ3n) is 2.04. The zero-order valence-electron chi connectivity index (χ0n) is 8.77. The van der Waals surface area contributed by atoms with E-state index in [1.165, 1.54) is 0 Å². The summed E-state index contributed by atoms with van der Waals surface area (Å²) in [6.45, 7) is 1.92. The Hall–Kier alpha value is -0.250. The van der Waals surface area contributed by atoms with Gasteiger partial charge in [0.05, 0.1) is 0 Å². The minimum Gasteiger partial charge on any atom is -0.350 e. The standard InChI is InChI=1S/C11H12BrCl2NO/c1-7(2-3-13)15-11(16)8-4-9(12)6-10(14)5-8/h4-7H,2-3H2,1H3,(H,15,16). The van der Waals surface area contributed by atoms with Gasteiger partial charge in [-0.2, -0.15) is 0 Å². The zero-order chi connectivity index (χ0) is 12.1. The van der Waals surface area contributed by atoms with Gasteiger partial charge in [0, 0.05) is 27.0 Å². The van der Waals surface area contributed by atoms with Crippen molar-refractivity contribution in [3.8, 4) is 0 Å². The lowest BCUT2D eigenvalue weighted by Crippen LogP contribution is -2.32. The highest BCUT2D eigenvalue weighted by atomic mass is 79.9. The predicted molar refractivity (Wildman–Crippen MR) is 71.4 cm³/mol. The van der Waals surface area contributed by atoms with E-state index in [0.717, 1.165) is 10.9 Å². The molecule has 0 aliphatic rings. The lowest BCUT2D eigenvalue weighted by Gasteiger charge is -2.12. The highest BCUT2D eigenvalue weighted by molar-refractivity contribution is 9.10. The average molecular weight is 325 g/mol. The van der Waals surface area contributed by atoms with Crippen molar-refractivity contribution in [2.75, 3.05) is 5.88 Å². The van der Waals surface area contributed by atoms with Gasteiger partial charge < -0.3 is 5.32 Å². The molecule has 0 aliphatic carbocycles. The van der Waals surface area contributed by atoms with Crippen LogP contribution in [0, 0.1) is 0 Å². The largest absolute Gasteiger partial charge is 0.350 e. The minimum absolute atomic E-state index is 0.0581. The zero-order valence-corrected chi connectivity index (χ0v) is 11.9. The van der Waals surface area contributed by atoms with Crippen molar-refractivity contribution >= 4 is 45.0 Å². The molecule has 0 radical (unpaired) electrons. The van der Waals surface area contributed by atoms with Gasteiger partial charge in [0.15, 0.2) is 0 Å². The molecule has 0 saturated carbocycles. The molecule has 0 fully saturated rings. The number of alkyl halides is 1. The molecular weight excluding hydrogens is 313 g/mol. The van der Waals surface area contributed by atoms with Crippen molar-refractivity contribution in [3.63, 3.8) is 0 Å². The van der Waals surface area contributed by atoms with Gasteiger partial charge in [-0.3, -0.25) is 4.79 Å². The molecule has 0 aliphatic heterocycles. The van der Waals surface area contributed by atoms with Crippen LogP contribution in [0.25, 0.3) is 0 Å². The fourth-order valence-electron chi connectivity index (χ4n) is 1.23. The van der Waals surface area contributed by atoms with Gasteiger partial charge in [-0.1, -0.05) is 27.5 Å². The number of hydrogen-bond acceptors (Lipinski definition) is 1. The van der Waals surface area contributed by atoms with Crippen LogP contribution in [0.5, 0.6) is 0 Å². The number of carbonyl (C=O) groups is 1. The predicted octanol–water partition coefficient (Wildman–Crippen LogP) is 3.85. The first-order valence-corrected chi connectivity index (χ1v) is 6.56. The first kappa shape index (κ1) is 13.8. The summed E-state index contributed by atoms with van der Waals surface area (Å²) < 4.78 is 0.787. The molecule has 1 unspecified atom stereocenters. The molecule has 2 nitrogen and oxygen atoms in total. The number of amides is 1. The van der Waals surface area contributed by atoms with Crippen LogP contribution in [-0.4, -0.2) is 17.8 Å². The van der Waals surface area contributed by atoms with E-state index >= 15 is 0 Å². The SMILES string of the molecule is CC(CCCl)NC(=O)c1cc(Cl)cc(Br)c1. The second-order valence-electron chi connectivity index (χ2n) is 3.51. The number of nitrogens with one attached hydrogen (secondary N) is 1. The Labute approximate surface area is 113 Å². The van der Waals surface area contributed by atoms with Crippen molar-refractivity contribution in [2.45, 2.75) is 19.4 Å². The van der Waals surface area contributed by atoms with Crippen LogP contribution in [0.1, 0.15) is 23.7 Å². The van der Waals surface area contributed by atoms with E-state index in [2.05, 4.69) is 21.2 Å². The molecular formula is C11H12BrCl2NO. The molecule has 0 spiro atoms. The molecule has 1 atom stereocenters. The van der Waals surface area contributed by atoms with E-state index in [1.807, 2.05) is 6.92 Å². The van der Waals surface area contributed by atoms with E-state index in [0.29, 0.717) is 16.5 Å². The molecule has 1 aromatic rings. The lowest BCUT2D eigenvalue weighted by molar-refractivity contribution is 0.0939. The molecule has 1 N–H and O–H groups in total. The Morgan fingerprint density at radius 1 is 1.50 bits per heavy atom.